The molecule has 0 saturated heterocycles. The smallest absolute Gasteiger partial charge is 0.338 e. The first kappa shape index (κ1) is 35.7. The number of ether oxygens (including phenoxy) is 5. The largest absolute Gasteiger partial charge is 0.493 e. The number of nitrogens with zero attached hydrogens (tertiary/aromatic N) is 4. The second-order valence-electron chi connectivity index (χ2n) is 10.4. The Labute approximate surface area is 296 Å². The Morgan fingerprint density at radius 1 is 0.980 bits per heavy atom. The van der Waals surface area contributed by atoms with E-state index in [4.69, 9.17) is 23.7 Å². The molecule has 0 bridgehead atoms. The SMILES string of the molecule is CCOC(=O)C1=C(C)N=c2s/c(=C\c3cc(Br)c(Oc4ccc([N+](=O)[O-])cc4[N+](=O)[O-])c(OC)c3)c(=O)n2[C@@H]1c1ccc(OC)c(OCC)c1. The van der Waals surface area contributed by atoms with Gasteiger partial charge in [-0.3, -0.25) is 29.6 Å². The molecule has 0 radical (unpaired) electrons. The number of benzene rings is 3. The standard InChI is InChI=1S/C33H29BrN4O11S/c1-6-47-25-15-19(8-10-24(25)45-4)29-28(32(40)48-7-2)17(3)35-33-36(29)31(39)27(50-33)14-18-12-21(34)30(26(13-18)46-5)49-23-11-9-20(37(41)42)16-22(23)38(43)44/h8-16,29H,6-7H2,1-5H3/b27-14-/t29-/m1/s1. The highest BCUT2D eigenvalue weighted by Crippen LogP contribution is 2.43. The summed E-state index contributed by atoms with van der Waals surface area (Å²) in [6.07, 6.45) is 1.61. The maximum absolute atomic E-state index is 14.2. The minimum absolute atomic E-state index is 0.0578. The maximum atomic E-state index is 14.2. The Kier molecular flexibility index (Phi) is 10.7. The van der Waals surface area contributed by atoms with Crippen LogP contribution in [0.2, 0.25) is 0 Å². The van der Waals surface area contributed by atoms with Crippen molar-refractivity contribution in [3.05, 3.63) is 115 Å². The summed E-state index contributed by atoms with van der Waals surface area (Å²) in [5.41, 5.74) is 0.136. The predicted molar refractivity (Wildman–Crippen MR) is 185 cm³/mol. The van der Waals surface area contributed by atoms with Crippen molar-refractivity contribution >= 4 is 50.7 Å². The number of hydrogen-bond donors (Lipinski definition) is 0. The molecule has 15 nitrogen and oxygen atoms in total. The van der Waals surface area contributed by atoms with Gasteiger partial charge in [0.25, 0.3) is 11.2 Å². The molecular weight excluding hydrogens is 740 g/mol. The number of aromatic nitrogens is 1. The number of methoxy groups -OCH3 is 2. The number of esters is 1. The Morgan fingerprint density at radius 2 is 1.70 bits per heavy atom. The molecule has 0 unspecified atom stereocenters. The van der Waals surface area contributed by atoms with E-state index in [0.717, 1.165) is 29.5 Å². The molecule has 0 aliphatic carbocycles. The molecule has 4 aromatic rings. The van der Waals surface area contributed by atoms with Crippen molar-refractivity contribution in [3.63, 3.8) is 0 Å². The van der Waals surface area contributed by atoms with Crippen LogP contribution in [-0.4, -0.2) is 47.8 Å². The van der Waals surface area contributed by atoms with Crippen LogP contribution in [0, 0.1) is 20.2 Å². The van der Waals surface area contributed by atoms with Crippen LogP contribution in [-0.2, 0) is 9.53 Å². The number of thiazole rings is 1. The van der Waals surface area contributed by atoms with E-state index in [0.29, 0.717) is 44.2 Å². The normalized spacial score (nSPS) is 14.0. The fourth-order valence-electron chi connectivity index (χ4n) is 5.27. The molecular formula is C33H29BrN4O11S. The fourth-order valence-corrected chi connectivity index (χ4v) is 6.86. The molecule has 1 atom stereocenters. The molecule has 1 aliphatic rings. The number of fused-ring (bicyclic) bond motifs is 1. The number of nitro benzene ring substituents is 2. The van der Waals surface area contributed by atoms with Crippen LogP contribution in [0.3, 0.4) is 0 Å². The maximum Gasteiger partial charge on any atom is 0.338 e. The number of carbonyl (C=O) groups excluding carboxylic acids is 1. The number of halogens is 1. The molecule has 3 aromatic carbocycles. The Hall–Kier alpha value is -5.55. The van der Waals surface area contributed by atoms with Crippen LogP contribution in [0.25, 0.3) is 6.08 Å². The first-order valence-corrected chi connectivity index (χ1v) is 16.5. The van der Waals surface area contributed by atoms with Crippen LogP contribution >= 0.6 is 27.3 Å². The number of hydrogen-bond acceptors (Lipinski definition) is 13. The topological polar surface area (TPSA) is 184 Å². The van der Waals surface area contributed by atoms with Crippen LogP contribution in [0.15, 0.2) is 74.1 Å². The molecule has 2 heterocycles. The average molecular weight is 770 g/mol. The number of non-ortho nitro benzene ring substituents is 1. The van der Waals surface area contributed by atoms with Gasteiger partial charge < -0.3 is 23.7 Å². The van der Waals surface area contributed by atoms with Gasteiger partial charge in [0, 0.05) is 6.07 Å². The van der Waals surface area contributed by atoms with E-state index in [1.165, 1.54) is 18.8 Å². The van der Waals surface area contributed by atoms with E-state index in [9.17, 15) is 29.8 Å². The number of nitro groups is 2. The van der Waals surface area contributed by atoms with Crippen LogP contribution in [0.4, 0.5) is 11.4 Å². The number of rotatable bonds is 12. The summed E-state index contributed by atoms with van der Waals surface area (Å²) in [7, 11) is 2.88. The monoisotopic (exact) mass is 768 g/mol. The molecule has 260 valence electrons. The summed E-state index contributed by atoms with van der Waals surface area (Å²) in [4.78, 5) is 53.7. The van der Waals surface area contributed by atoms with Gasteiger partial charge in [0.05, 0.1) is 69.7 Å². The highest BCUT2D eigenvalue weighted by Gasteiger charge is 2.34. The Balaban J connectivity index is 1.63. The van der Waals surface area contributed by atoms with Crippen LogP contribution in [0.1, 0.15) is 37.9 Å². The van der Waals surface area contributed by atoms with E-state index in [2.05, 4.69) is 20.9 Å². The lowest BCUT2D eigenvalue weighted by Crippen LogP contribution is -2.40. The van der Waals surface area contributed by atoms with Gasteiger partial charge in [-0.1, -0.05) is 17.4 Å². The highest BCUT2D eigenvalue weighted by molar-refractivity contribution is 9.10. The predicted octanol–water partition coefficient (Wildman–Crippen LogP) is 5.59. The minimum atomic E-state index is -0.896. The summed E-state index contributed by atoms with van der Waals surface area (Å²) in [5.74, 6) is 0.259. The summed E-state index contributed by atoms with van der Waals surface area (Å²) >= 11 is 4.53. The minimum Gasteiger partial charge on any atom is -0.493 e. The van der Waals surface area contributed by atoms with Crippen LogP contribution < -0.4 is 33.8 Å². The zero-order valence-electron chi connectivity index (χ0n) is 27.3. The van der Waals surface area contributed by atoms with Crippen molar-refractivity contribution in [3.8, 4) is 28.7 Å². The highest BCUT2D eigenvalue weighted by atomic mass is 79.9. The number of allylic oxidation sites excluding steroid dienone is 1. The van der Waals surface area contributed by atoms with Gasteiger partial charge >= 0.3 is 11.7 Å². The first-order chi connectivity index (χ1) is 23.9. The van der Waals surface area contributed by atoms with Gasteiger partial charge in [-0.2, -0.15) is 0 Å². The zero-order chi connectivity index (χ0) is 36.3. The summed E-state index contributed by atoms with van der Waals surface area (Å²) in [6.45, 7) is 5.67. The quantitative estimate of drug-likeness (QED) is 0.0995. The molecule has 1 aromatic heterocycles. The summed E-state index contributed by atoms with van der Waals surface area (Å²) in [5, 5.41) is 22.8. The zero-order valence-corrected chi connectivity index (χ0v) is 29.7. The lowest BCUT2D eigenvalue weighted by molar-refractivity contribution is -0.394. The van der Waals surface area contributed by atoms with Gasteiger partial charge in [-0.25, -0.2) is 9.79 Å². The lowest BCUT2D eigenvalue weighted by atomic mass is 9.95. The third-order valence-electron chi connectivity index (χ3n) is 7.43. The second-order valence-corrected chi connectivity index (χ2v) is 12.3. The fraction of sp³-hybridized carbons (Fsp3) is 0.242. The first-order valence-electron chi connectivity index (χ1n) is 14.9. The molecule has 17 heteroatoms. The van der Waals surface area contributed by atoms with E-state index in [1.54, 1.807) is 50.3 Å². The van der Waals surface area contributed by atoms with Gasteiger partial charge in [0.15, 0.2) is 27.8 Å². The van der Waals surface area contributed by atoms with Gasteiger partial charge in [0.1, 0.15) is 0 Å². The molecule has 0 amide bonds. The van der Waals surface area contributed by atoms with E-state index >= 15 is 0 Å². The van der Waals surface area contributed by atoms with Crippen molar-refractivity contribution in [1.29, 1.82) is 0 Å². The number of carbonyl (C=O) groups is 1. The summed E-state index contributed by atoms with van der Waals surface area (Å²) in [6, 6.07) is 10.4. The van der Waals surface area contributed by atoms with Crippen molar-refractivity contribution in [2.45, 2.75) is 26.8 Å². The molecule has 0 fully saturated rings. The second kappa shape index (κ2) is 14.9. The molecule has 0 saturated carbocycles. The van der Waals surface area contributed by atoms with Gasteiger partial charge in [-0.05, 0) is 84.2 Å². The van der Waals surface area contributed by atoms with Crippen molar-refractivity contribution < 1.29 is 38.3 Å². The van der Waals surface area contributed by atoms with Gasteiger partial charge in [0.2, 0.25) is 5.75 Å². The molecule has 1 aliphatic heterocycles. The Bertz CT molecular complexity index is 2250. The lowest BCUT2D eigenvalue weighted by Gasteiger charge is -2.25. The Morgan fingerprint density at radius 3 is 2.34 bits per heavy atom. The molecule has 0 spiro atoms. The third-order valence-corrected chi connectivity index (χ3v) is 9.00. The average Bonchev–Trinajstić information content (AvgIpc) is 3.38. The van der Waals surface area contributed by atoms with Crippen LogP contribution in [0.5, 0.6) is 28.7 Å². The van der Waals surface area contributed by atoms with Gasteiger partial charge in [-0.15, -0.1) is 0 Å². The van der Waals surface area contributed by atoms with Crippen molar-refractivity contribution in [1.82, 2.24) is 4.57 Å². The van der Waals surface area contributed by atoms with E-state index in [1.807, 2.05) is 6.92 Å². The van der Waals surface area contributed by atoms with E-state index < -0.39 is 38.8 Å². The van der Waals surface area contributed by atoms with Crippen molar-refractivity contribution in [2.75, 3.05) is 27.4 Å². The van der Waals surface area contributed by atoms with Crippen molar-refractivity contribution in [2.24, 2.45) is 4.99 Å². The molecule has 5 rings (SSSR count). The molecule has 0 N–H and O–H groups in total. The van der Waals surface area contributed by atoms with E-state index in [-0.39, 0.29) is 34.0 Å². The molecule has 50 heavy (non-hydrogen) atoms. The third kappa shape index (κ3) is 6.95. The summed E-state index contributed by atoms with van der Waals surface area (Å²) < 4.78 is 30.0.